The molecule has 1 spiro atoms. The van der Waals surface area contributed by atoms with Crippen LogP contribution in [-0.4, -0.2) is 73.2 Å². The van der Waals surface area contributed by atoms with Gasteiger partial charge in [-0.1, -0.05) is 13.8 Å². The van der Waals surface area contributed by atoms with Crippen LogP contribution >= 0.6 is 0 Å². The molecule has 2 aliphatic heterocycles. The number of carbonyl (C=O) groups excluding carboxylic acids is 2. The fourth-order valence-electron chi connectivity index (χ4n) is 3.16. The highest BCUT2D eigenvalue weighted by Crippen LogP contribution is 2.29. The molecule has 2 saturated heterocycles. The van der Waals surface area contributed by atoms with E-state index < -0.39 is 5.54 Å². The Morgan fingerprint density at radius 2 is 1.91 bits per heavy atom. The van der Waals surface area contributed by atoms with Crippen molar-refractivity contribution in [1.82, 2.24) is 15.1 Å². The lowest BCUT2D eigenvalue weighted by Gasteiger charge is -2.37. The van der Waals surface area contributed by atoms with Crippen molar-refractivity contribution >= 4 is 11.9 Å². The number of amides is 3. The van der Waals surface area contributed by atoms with Crippen LogP contribution in [0, 0.1) is 5.92 Å². The third-order valence-corrected chi connectivity index (χ3v) is 4.70. The predicted molar refractivity (Wildman–Crippen MR) is 88.0 cm³/mol. The summed E-state index contributed by atoms with van der Waals surface area (Å²) in [6.07, 6.45) is 2.55. The fraction of sp³-hybridized carbons (Fsp3) is 0.875. The highest BCUT2D eigenvalue weighted by atomic mass is 16.5. The van der Waals surface area contributed by atoms with E-state index in [1.54, 1.807) is 0 Å². The van der Waals surface area contributed by atoms with Crippen LogP contribution in [0.5, 0.6) is 0 Å². The minimum absolute atomic E-state index is 0.0950. The number of nitrogens with zero attached hydrogens (tertiary/aromatic N) is 2. The van der Waals surface area contributed by atoms with Gasteiger partial charge in [0.25, 0.3) is 5.91 Å². The minimum atomic E-state index is -0.695. The number of nitrogens with one attached hydrogen (secondary N) is 1. The lowest BCUT2D eigenvalue weighted by molar-refractivity contribution is -0.133. The standard InChI is InChI=1S/C16H30N4O3/c1-13(2)3-7-19-8-4-16(5-9-19)14(21)20(15(22)18-16)10-12-23-11-6-17/h13H,3-12,17H2,1-2H3,(H,18,22). The molecule has 132 valence electrons. The van der Waals surface area contributed by atoms with Gasteiger partial charge in [0, 0.05) is 19.6 Å². The van der Waals surface area contributed by atoms with E-state index in [0.29, 0.717) is 45.1 Å². The molecular weight excluding hydrogens is 296 g/mol. The second-order valence-corrected chi connectivity index (χ2v) is 6.89. The first-order valence-corrected chi connectivity index (χ1v) is 8.63. The molecule has 0 saturated carbocycles. The zero-order valence-corrected chi connectivity index (χ0v) is 14.3. The van der Waals surface area contributed by atoms with Gasteiger partial charge in [0.2, 0.25) is 0 Å². The van der Waals surface area contributed by atoms with Crippen LogP contribution in [0.25, 0.3) is 0 Å². The molecular formula is C16H30N4O3. The van der Waals surface area contributed by atoms with E-state index in [1.807, 2.05) is 0 Å². The summed E-state index contributed by atoms with van der Waals surface area (Å²) in [6, 6.07) is -0.290. The Morgan fingerprint density at radius 3 is 2.52 bits per heavy atom. The van der Waals surface area contributed by atoms with Crippen LogP contribution in [0.1, 0.15) is 33.1 Å². The molecule has 0 aromatic rings. The highest BCUT2D eigenvalue weighted by Gasteiger charge is 2.51. The van der Waals surface area contributed by atoms with Crippen LogP contribution < -0.4 is 11.1 Å². The Morgan fingerprint density at radius 1 is 1.22 bits per heavy atom. The van der Waals surface area contributed by atoms with E-state index in [2.05, 4.69) is 24.1 Å². The van der Waals surface area contributed by atoms with Crippen LogP contribution in [0.15, 0.2) is 0 Å². The molecule has 0 atom stereocenters. The van der Waals surface area contributed by atoms with E-state index in [9.17, 15) is 9.59 Å². The summed E-state index contributed by atoms with van der Waals surface area (Å²) >= 11 is 0. The Balaban J connectivity index is 1.84. The van der Waals surface area contributed by atoms with Gasteiger partial charge in [0.05, 0.1) is 19.8 Å². The molecule has 7 heteroatoms. The molecule has 0 bridgehead atoms. The molecule has 3 N–H and O–H groups in total. The molecule has 23 heavy (non-hydrogen) atoms. The van der Waals surface area contributed by atoms with Crippen LogP contribution in [0.3, 0.4) is 0 Å². The zero-order valence-electron chi connectivity index (χ0n) is 14.3. The summed E-state index contributed by atoms with van der Waals surface area (Å²) in [5.74, 6) is 0.588. The van der Waals surface area contributed by atoms with Gasteiger partial charge in [-0.3, -0.25) is 9.69 Å². The maximum atomic E-state index is 12.7. The number of hydrogen-bond donors (Lipinski definition) is 2. The van der Waals surface area contributed by atoms with Gasteiger partial charge < -0.3 is 20.7 Å². The Kier molecular flexibility index (Phi) is 6.38. The van der Waals surface area contributed by atoms with Crippen molar-refractivity contribution in [1.29, 1.82) is 0 Å². The van der Waals surface area contributed by atoms with Gasteiger partial charge in [0.15, 0.2) is 0 Å². The number of imide groups is 1. The number of ether oxygens (including phenoxy) is 1. The second kappa shape index (κ2) is 8.08. The predicted octanol–water partition coefficient (Wildman–Crippen LogP) is 0.394. The molecule has 0 unspecified atom stereocenters. The topological polar surface area (TPSA) is 87.9 Å². The lowest BCUT2D eigenvalue weighted by atomic mass is 9.87. The second-order valence-electron chi connectivity index (χ2n) is 6.89. The monoisotopic (exact) mass is 326 g/mol. The van der Waals surface area contributed by atoms with Crippen molar-refractivity contribution in [3.05, 3.63) is 0 Å². The third kappa shape index (κ3) is 4.43. The maximum Gasteiger partial charge on any atom is 0.325 e. The SMILES string of the molecule is CC(C)CCN1CCC2(CC1)NC(=O)N(CCOCCN)C2=O. The first-order valence-electron chi connectivity index (χ1n) is 8.63. The fourth-order valence-corrected chi connectivity index (χ4v) is 3.16. The quantitative estimate of drug-likeness (QED) is 0.498. The number of urea groups is 1. The summed E-state index contributed by atoms with van der Waals surface area (Å²) in [5.41, 5.74) is 4.66. The number of nitrogens with two attached hydrogens (primary N) is 1. The van der Waals surface area contributed by atoms with Crippen LogP contribution in [0.4, 0.5) is 4.79 Å². The van der Waals surface area contributed by atoms with Gasteiger partial charge in [-0.2, -0.15) is 0 Å². The number of rotatable bonds is 8. The molecule has 3 amide bonds. The van der Waals surface area contributed by atoms with Crippen molar-refractivity contribution < 1.29 is 14.3 Å². The molecule has 0 aromatic heterocycles. The first kappa shape index (κ1) is 18.2. The summed E-state index contributed by atoms with van der Waals surface area (Å²) in [5, 5.41) is 2.93. The number of carbonyl (C=O) groups is 2. The highest BCUT2D eigenvalue weighted by molar-refractivity contribution is 6.07. The van der Waals surface area contributed by atoms with Gasteiger partial charge >= 0.3 is 6.03 Å². The van der Waals surface area contributed by atoms with Gasteiger partial charge in [-0.25, -0.2) is 4.79 Å². The average Bonchev–Trinajstić information content (AvgIpc) is 2.75. The summed E-state index contributed by atoms with van der Waals surface area (Å²) in [7, 11) is 0. The van der Waals surface area contributed by atoms with E-state index in [-0.39, 0.29) is 11.9 Å². The number of likely N-dealkylation sites (tertiary alicyclic amines) is 1. The average molecular weight is 326 g/mol. The smallest absolute Gasteiger partial charge is 0.325 e. The maximum absolute atomic E-state index is 12.7. The minimum Gasteiger partial charge on any atom is -0.378 e. The Hall–Kier alpha value is -1.18. The lowest BCUT2D eigenvalue weighted by Crippen LogP contribution is -2.55. The molecule has 2 heterocycles. The van der Waals surface area contributed by atoms with E-state index in [0.717, 1.165) is 26.1 Å². The van der Waals surface area contributed by atoms with E-state index in [1.165, 1.54) is 4.90 Å². The molecule has 0 aliphatic carbocycles. The molecule has 2 aliphatic rings. The van der Waals surface area contributed by atoms with E-state index >= 15 is 0 Å². The largest absolute Gasteiger partial charge is 0.378 e. The number of piperidine rings is 1. The molecule has 0 aromatic carbocycles. The molecule has 7 nitrogen and oxygen atoms in total. The third-order valence-electron chi connectivity index (χ3n) is 4.70. The van der Waals surface area contributed by atoms with Gasteiger partial charge in [-0.15, -0.1) is 0 Å². The van der Waals surface area contributed by atoms with E-state index in [4.69, 9.17) is 10.5 Å². The summed E-state index contributed by atoms with van der Waals surface area (Å²) < 4.78 is 5.28. The zero-order chi connectivity index (χ0) is 16.9. The summed E-state index contributed by atoms with van der Waals surface area (Å²) in [4.78, 5) is 28.5. The molecule has 0 radical (unpaired) electrons. The van der Waals surface area contributed by atoms with Crippen LogP contribution in [0.2, 0.25) is 0 Å². The van der Waals surface area contributed by atoms with Crippen molar-refractivity contribution in [2.75, 3.05) is 45.9 Å². The van der Waals surface area contributed by atoms with Crippen molar-refractivity contribution in [3.63, 3.8) is 0 Å². The molecule has 2 rings (SSSR count). The van der Waals surface area contributed by atoms with Crippen molar-refractivity contribution in [3.8, 4) is 0 Å². The van der Waals surface area contributed by atoms with Crippen molar-refractivity contribution in [2.45, 2.75) is 38.6 Å². The Labute approximate surface area is 138 Å². The molecule has 2 fully saturated rings. The first-order chi connectivity index (χ1) is 11.0. The van der Waals surface area contributed by atoms with Gasteiger partial charge in [-0.05, 0) is 31.7 Å². The van der Waals surface area contributed by atoms with Crippen LogP contribution in [-0.2, 0) is 9.53 Å². The van der Waals surface area contributed by atoms with Crippen molar-refractivity contribution in [2.24, 2.45) is 11.7 Å². The number of hydrogen-bond acceptors (Lipinski definition) is 5. The summed E-state index contributed by atoms with van der Waals surface area (Å²) in [6.45, 7) is 8.74. The Bertz CT molecular complexity index is 420. The van der Waals surface area contributed by atoms with Gasteiger partial charge in [0.1, 0.15) is 5.54 Å². The normalized spacial score (nSPS) is 21.5.